The van der Waals surface area contributed by atoms with Crippen molar-refractivity contribution in [2.24, 2.45) is 11.8 Å². The van der Waals surface area contributed by atoms with Gasteiger partial charge in [-0.25, -0.2) is 0 Å². The van der Waals surface area contributed by atoms with Crippen LogP contribution in [0.5, 0.6) is 0 Å². The maximum absolute atomic E-state index is 11.5. The van der Waals surface area contributed by atoms with Gasteiger partial charge in [0.25, 0.3) is 0 Å². The topological polar surface area (TPSA) is 29.1 Å². The third-order valence-electron chi connectivity index (χ3n) is 3.12. The second-order valence-corrected chi connectivity index (χ2v) is 4.08. The van der Waals surface area contributed by atoms with Crippen LogP contribution in [0.25, 0.3) is 0 Å². The fraction of sp³-hybridized carbons (Fsp3) is 0.909. The van der Waals surface area contributed by atoms with Crippen molar-refractivity contribution in [2.45, 2.75) is 46.0 Å². The molecule has 1 amide bonds. The van der Waals surface area contributed by atoms with Gasteiger partial charge in [0.1, 0.15) is 0 Å². The van der Waals surface area contributed by atoms with Crippen LogP contribution in [0.3, 0.4) is 0 Å². The Bertz CT molecular complexity index is 161. The highest BCUT2D eigenvalue weighted by molar-refractivity contribution is 5.78. The van der Waals surface area contributed by atoms with Crippen molar-refractivity contribution in [3.63, 3.8) is 0 Å². The third kappa shape index (κ3) is 3.02. The van der Waals surface area contributed by atoms with Crippen molar-refractivity contribution in [1.82, 2.24) is 5.32 Å². The second-order valence-electron chi connectivity index (χ2n) is 4.08. The van der Waals surface area contributed by atoms with E-state index in [9.17, 15) is 4.79 Å². The van der Waals surface area contributed by atoms with E-state index < -0.39 is 0 Å². The van der Waals surface area contributed by atoms with Gasteiger partial charge >= 0.3 is 0 Å². The van der Waals surface area contributed by atoms with Gasteiger partial charge in [-0.3, -0.25) is 4.79 Å². The van der Waals surface area contributed by atoms with Crippen molar-refractivity contribution in [1.29, 1.82) is 0 Å². The highest BCUT2D eigenvalue weighted by Gasteiger charge is 2.24. The summed E-state index contributed by atoms with van der Waals surface area (Å²) >= 11 is 0. The van der Waals surface area contributed by atoms with Gasteiger partial charge < -0.3 is 5.32 Å². The Labute approximate surface area is 81.1 Å². The first-order valence-corrected chi connectivity index (χ1v) is 5.53. The summed E-state index contributed by atoms with van der Waals surface area (Å²) in [5.74, 6) is 1.11. The first-order chi connectivity index (χ1) is 6.25. The average molecular weight is 183 g/mol. The van der Waals surface area contributed by atoms with Gasteiger partial charge in [-0.15, -0.1) is 0 Å². The normalized spacial score (nSPS) is 21.1. The Morgan fingerprint density at radius 1 is 1.38 bits per heavy atom. The lowest BCUT2D eigenvalue weighted by Crippen LogP contribution is -2.33. The Morgan fingerprint density at radius 3 is 2.54 bits per heavy atom. The Kier molecular flexibility index (Phi) is 4.26. The summed E-state index contributed by atoms with van der Waals surface area (Å²) in [5.41, 5.74) is 0. The summed E-state index contributed by atoms with van der Waals surface area (Å²) in [7, 11) is 0. The number of carbonyl (C=O) groups is 1. The lowest BCUT2D eigenvalue weighted by Gasteiger charge is -2.26. The molecule has 13 heavy (non-hydrogen) atoms. The van der Waals surface area contributed by atoms with E-state index in [0.29, 0.717) is 5.92 Å². The lowest BCUT2D eigenvalue weighted by molar-refractivity contribution is -0.126. The second kappa shape index (κ2) is 5.25. The summed E-state index contributed by atoms with van der Waals surface area (Å²) in [6, 6.07) is 0. The van der Waals surface area contributed by atoms with Gasteiger partial charge in [0.2, 0.25) is 5.91 Å². The van der Waals surface area contributed by atoms with Crippen molar-refractivity contribution in [3.05, 3.63) is 0 Å². The largest absolute Gasteiger partial charge is 0.356 e. The van der Waals surface area contributed by atoms with Crippen molar-refractivity contribution in [2.75, 3.05) is 6.54 Å². The van der Waals surface area contributed by atoms with Crippen molar-refractivity contribution in [3.8, 4) is 0 Å². The van der Waals surface area contributed by atoms with E-state index in [2.05, 4.69) is 12.2 Å². The fourth-order valence-electron chi connectivity index (χ4n) is 2.18. The molecule has 1 aliphatic carbocycles. The minimum absolute atomic E-state index is 0.222. The van der Waals surface area contributed by atoms with Gasteiger partial charge in [0.15, 0.2) is 0 Å². The zero-order chi connectivity index (χ0) is 9.68. The van der Waals surface area contributed by atoms with Crippen LogP contribution < -0.4 is 5.32 Å². The molecule has 1 fully saturated rings. The summed E-state index contributed by atoms with van der Waals surface area (Å²) in [6.45, 7) is 4.81. The Hall–Kier alpha value is -0.530. The Morgan fingerprint density at radius 2 is 2.00 bits per heavy atom. The third-order valence-corrected chi connectivity index (χ3v) is 3.12. The smallest absolute Gasteiger partial charge is 0.223 e. The van der Waals surface area contributed by atoms with Gasteiger partial charge in [-0.05, 0) is 25.7 Å². The van der Waals surface area contributed by atoms with Crippen LogP contribution in [0.1, 0.15) is 46.0 Å². The standard InChI is InChI=1S/C11H21NO/c1-3-12-11(13)9(2)10-7-5-4-6-8-10/h9-10H,3-8H2,1-2H3,(H,12,13). The highest BCUT2D eigenvalue weighted by Crippen LogP contribution is 2.29. The van der Waals surface area contributed by atoms with E-state index in [1.807, 2.05) is 6.92 Å². The summed E-state index contributed by atoms with van der Waals surface area (Å²) in [6.07, 6.45) is 6.48. The van der Waals surface area contributed by atoms with Crippen LogP contribution in [0.15, 0.2) is 0 Å². The maximum Gasteiger partial charge on any atom is 0.223 e. The van der Waals surface area contributed by atoms with Crippen LogP contribution in [0.2, 0.25) is 0 Å². The number of rotatable bonds is 3. The molecular formula is C11H21NO. The number of amides is 1. The minimum atomic E-state index is 0.222. The van der Waals surface area contributed by atoms with E-state index in [4.69, 9.17) is 0 Å². The van der Waals surface area contributed by atoms with E-state index >= 15 is 0 Å². The molecule has 0 bridgehead atoms. The molecule has 1 saturated carbocycles. The average Bonchev–Trinajstić information content (AvgIpc) is 2.18. The van der Waals surface area contributed by atoms with E-state index in [0.717, 1.165) is 6.54 Å². The first-order valence-electron chi connectivity index (χ1n) is 5.53. The molecule has 0 saturated heterocycles. The van der Waals surface area contributed by atoms with Crippen LogP contribution in [-0.2, 0) is 4.79 Å². The van der Waals surface area contributed by atoms with Crippen LogP contribution in [0, 0.1) is 11.8 Å². The number of hydrogen-bond acceptors (Lipinski definition) is 1. The quantitative estimate of drug-likeness (QED) is 0.715. The summed E-state index contributed by atoms with van der Waals surface area (Å²) < 4.78 is 0. The zero-order valence-electron chi connectivity index (χ0n) is 8.81. The van der Waals surface area contributed by atoms with Gasteiger partial charge in [0.05, 0.1) is 0 Å². The molecule has 0 aromatic rings. The molecule has 1 unspecified atom stereocenters. The molecule has 2 nitrogen and oxygen atoms in total. The molecule has 0 aromatic heterocycles. The first kappa shape index (κ1) is 10.6. The molecule has 1 rings (SSSR count). The monoisotopic (exact) mass is 183 g/mol. The molecule has 2 heteroatoms. The fourth-order valence-corrected chi connectivity index (χ4v) is 2.18. The van der Waals surface area contributed by atoms with E-state index in [1.165, 1.54) is 32.1 Å². The van der Waals surface area contributed by atoms with E-state index in [1.54, 1.807) is 0 Å². The van der Waals surface area contributed by atoms with Crippen LogP contribution >= 0.6 is 0 Å². The van der Waals surface area contributed by atoms with Crippen molar-refractivity contribution >= 4 is 5.91 Å². The molecule has 0 heterocycles. The minimum Gasteiger partial charge on any atom is -0.356 e. The van der Waals surface area contributed by atoms with Crippen molar-refractivity contribution < 1.29 is 4.79 Å². The molecule has 1 N–H and O–H groups in total. The molecule has 76 valence electrons. The highest BCUT2D eigenvalue weighted by atomic mass is 16.1. The molecule has 0 aliphatic heterocycles. The molecule has 0 aromatic carbocycles. The maximum atomic E-state index is 11.5. The zero-order valence-corrected chi connectivity index (χ0v) is 8.81. The van der Waals surface area contributed by atoms with Crippen LogP contribution in [0.4, 0.5) is 0 Å². The molecule has 1 aliphatic rings. The predicted octanol–water partition coefficient (Wildman–Crippen LogP) is 2.34. The predicted molar refractivity (Wildman–Crippen MR) is 54.4 cm³/mol. The molecular weight excluding hydrogens is 162 g/mol. The number of carbonyl (C=O) groups excluding carboxylic acids is 1. The lowest BCUT2D eigenvalue weighted by atomic mass is 9.80. The van der Waals surface area contributed by atoms with Crippen LogP contribution in [-0.4, -0.2) is 12.5 Å². The van der Waals surface area contributed by atoms with Gasteiger partial charge in [-0.2, -0.15) is 0 Å². The number of nitrogens with one attached hydrogen (secondary N) is 1. The van der Waals surface area contributed by atoms with Gasteiger partial charge in [0, 0.05) is 12.5 Å². The summed E-state index contributed by atoms with van der Waals surface area (Å²) in [5, 5.41) is 2.90. The molecule has 0 spiro atoms. The summed E-state index contributed by atoms with van der Waals surface area (Å²) in [4.78, 5) is 11.5. The van der Waals surface area contributed by atoms with Gasteiger partial charge in [-0.1, -0.05) is 26.2 Å². The molecule has 0 radical (unpaired) electrons. The van der Waals surface area contributed by atoms with E-state index in [-0.39, 0.29) is 11.8 Å². The Balaban J connectivity index is 2.35. The molecule has 1 atom stereocenters. The SMILES string of the molecule is CCNC(=O)C(C)C1CCCCC1. The number of hydrogen-bond donors (Lipinski definition) is 1.